The fourth-order valence-electron chi connectivity index (χ4n) is 4.73. The molecule has 2 heterocycles. The summed E-state index contributed by atoms with van der Waals surface area (Å²) in [4.78, 5) is 42.0. The van der Waals surface area contributed by atoms with Crippen LogP contribution >= 0.6 is 11.8 Å². The Kier molecular flexibility index (Phi) is 5.76. The van der Waals surface area contributed by atoms with Crippen LogP contribution in [0.2, 0.25) is 0 Å². The van der Waals surface area contributed by atoms with Gasteiger partial charge in [0.2, 0.25) is 16.7 Å². The highest BCUT2D eigenvalue weighted by Gasteiger charge is 2.61. The fraction of sp³-hybridized carbons (Fsp3) is 0.222. The summed E-state index contributed by atoms with van der Waals surface area (Å²) in [5.41, 5.74) is 4.70. The second-order valence-corrected chi connectivity index (χ2v) is 9.80. The van der Waals surface area contributed by atoms with E-state index in [-0.39, 0.29) is 30.0 Å². The number of aryl methyl sites for hydroxylation is 2. The maximum atomic E-state index is 14.0. The van der Waals surface area contributed by atoms with Crippen LogP contribution in [-0.4, -0.2) is 37.1 Å². The minimum Gasteiger partial charge on any atom is -0.497 e. The Labute approximate surface area is 208 Å². The number of nitrogens with zero attached hydrogens (tertiary/aromatic N) is 2. The van der Waals surface area contributed by atoms with Gasteiger partial charge in [-0.25, -0.2) is 0 Å². The third-order valence-corrected chi connectivity index (χ3v) is 7.74. The Hall–Kier alpha value is -3.78. The molecule has 2 aliphatic heterocycles. The number of amides is 3. The maximum Gasteiger partial charge on any atom is 0.269 e. The van der Waals surface area contributed by atoms with Crippen LogP contribution in [0, 0.1) is 13.8 Å². The number of anilines is 3. The number of fused-ring (bicyclic) bond motifs is 2. The molecule has 3 amide bonds. The van der Waals surface area contributed by atoms with E-state index >= 15 is 0 Å². The quantitative estimate of drug-likeness (QED) is 0.583. The molecule has 0 saturated carbocycles. The van der Waals surface area contributed by atoms with Crippen LogP contribution in [0.25, 0.3) is 0 Å². The number of methoxy groups -OCH3 is 1. The van der Waals surface area contributed by atoms with Gasteiger partial charge in [-0.15, -0.1) is 11.8 Å². The molecule has 0 unspecified atom stereocenters. The third-order valence-electron chi connectivity index (χ3n) is 6.35. The molecule has 35 heavy (non-hydrogen) atoms. The van der Waals surface area contributed by atoms with Gasteiger partial charge in [-0.1, -0.05) is 35.9 Å². The van der Waals surface area contributed by atoms with Crippen LogP contribution in [-0.2, 0) is 19.3 Å². The normalized spacial score (nSPS) is 18.8. The molecule has 0 aromatic heterocycles. The zero-order valence-electron chi connectivity index (χ0n) is 19.7. The lowest BCUT2D eigenvalue weighted by atomic mass is 10.0. The molecule has 1 fully saturated rings. The number of para-hydroxylation sites is 1. The largest absolute Gasteiger partial charge is 0.497 e. The van der Waals surface area contributed by atoms with Gasteiger partial charge in [0, 0.05) is 16.9 Å². The van der Waals surface area contributed by atoms with E-state index in [2.05, 4.69) is 5.32 Å². The minimum atomic E-state index is -1.26. The Balaban J connectivity index is 1.50. The summed E-state index contributed by atoms with van der Waals surface area (Å²) < 4.78 is 5.25. The summed E-state index contributed by atoms with van der Waals surface area (Å²) in [6.07, 6.45) is 0. The summed E-state index contributed by atoms with van der Waals surface area (Å²) in [5, 5.41) is 2.92. The average molecular weight is 488 g/mol. The molecule has 3 aromatic rings. The molecule has 5 rings (SSSR count). The van der Waals surface area contributed by atoms with Gasteiger partial charge < -0.3 is 10.1 Å². The van der Waals surface area contributed by atoms with Gasteiger partial charge in [0.05, 0.1) is 18.6 Å². The molecule has 7 nitrogen and oxygen atoms in total. The van der Waals surface area contributed by atoms with Gasteiger partial charge in [-0.05, 0) is 55.8 Å². The Morgan fingerprint density at radius 3 is 2.51 bits per heavy atom. The molecule has 0 radical (unpaired) electrons. The van der Waals surface area contributed by atoms with E-state index in [4.69, 9.17) is 4.74 Å². The van der Waals surface area contributed by atoms with Crippen molar-refractivity contribution >= 4 is 46.5 Å². The molecule has 178 valence electrons. The summed E-state index contributed by atoms with van der Waals surface area (Å²) in [6.45, 7) is 3.77. The van der Waals surface area contributed by atoms with Crippen molar-refractivity contribution in [2.45, 2.75) is 18.7 Å². The van der Waals surface area contributed by atoms with Crippen LogP contribution in [0.3, 0.4) is 0 Å². The molecule has 3 aromatic carbocycles. The zero-order valence-corrected chi connectivity index (χ0v) is 20.5. The molecule has 0 bridgehead atoms. The molecule has 2 aliphatic rings. The van der Waals surface area contributed by atoms with Crippen molar-refractivity contribution in [3.05, 3.63) is 83.4 Å². The lowest BCUT2D eigenvalue weighted by Gasteiger charge is -2.33. The van der Waals surface area contributed by atoms with Crippen molar-refractivity contribution in [2.75, 3.05) is 34.5 Å². The third kappa shape index (κ3) is 3.74. The number of carbonyl (C=O) groups is 3. The first kappa shape index (κ1) is 23.0. The topological polar surface area (TPSA) is 79.0 Å². The Bertz CT molecular complexity index is 1340. The molecular weight excluding hydrogens is 462 g/mol. The predicted octanol–water partition coefficient (Wildman–Crippen LogP) is 4.23. The van der Waals surface area contributed by atoms with E-state index < -0.39 is 4.87 Å². The predicted molar refractivity (Wildman–Crippen MR) is 138 cm³/mol. The molecule has 1 N–H and O–H groups in total. The first-order chi connectivity index (χ1) is 16.8. The van der Waals surface area contributed by atoms with Gasteiger partial charge in [-0.3, -0.25) is 24.2 Å². The molecule has 1 atom stereocenters. The highest BCUT2D eigenvalue weighted by molar-refractivity contribution is 8.02. The number of thioether (sulfide) groups is 1. The number of hydrogen-bond donors (Lipinski definition) is 1. The second-order valence-electron chi connectivity index (χ2n) is 8.63. The first-order valence-corrected chi connectivity index (χ1v) is 12.2. The SMILES string of the molecule is COc1ccc(N2C(=O)CS[C@]23C(=O)N(CC(=O)Nc2ccc(C)cc2C)c2ccccc23)cc1. The summed E-state index contributed by atoms with van der Waals surface area (Å²) in [5.74, 6) is 0.0489. The van der Waals surface area contributed by atoms with Gasteiger partial charge in [0.15, 0.2) is 0 Å². The van der Waals surface area contributed by atoms with E-state index in [1.807, 2.05) is 56.3 Å². The number of hydrogen-bond acceptors (Lipinski definition) is 5. The fourth-order valence-corrected chi connectivity index (χ4v) is 6.09. The van der Waals surface area contributed by atoms with Gasteiger partial charge in [0.25, 0.3) is 5.91 Å². The van der Waals surface area contributed by atoms with E-state index in [1.165, 1.54) is 16.7 Å². The monoisotopic (exact) mass is 487 g/mol. The highest BCUT2D eigenvalue weighted by Crippen LogP contribution is 2.55. The summed E-state index contributed by atoms with van der Waals surface area (Å²) >= 11 is 1.29. The number of rotatable bonds is 5. The number of benzene rings is 3. The minimum absolute atomic E-state index is 0.157. The molecule has 0 aliphatic carbocycles. The Morgan fingerprint density at radius 1 is 1.06 bits per heavy atom. The van der Waals surface area contributed by atoms with E-state index in [0.29, 0.717) is 28.4 Å². The first-order valence-electron chi connectivity index (χ1n) is 11.2. The van der Waals surface area contributed by atoms with Crippen LogP contribution < -0.4 is 19.9 Å². The number of carbonyl (C=O) groups excluding carboxylic acids is 3. The van der Waals surface area contributed by atoms with E-state index in [0.717, 1.165) is 11.1 Å². The second kappa shape index (κ2) is 8.78. The van der Waals surface area contributed by atoms with Crippen LogP contribution in [0.1, 0.15) is 16.7 Å². The van der Waals surface area contributed by atoms with Gasteiger partial charge in [0.1, 0.15) is 12.3 Å². The highest BCUT2D eigenvalue weighted by atomic mass is 32.2. The van der Waals surface area contributed by atoms with Crippen LogP contribution in [0.15, 0.2) is 66.7 Å². The van der Waals surface area contributed by atoms with Crippen molar-refractivity contribution < 1.29 is 19.1 Å². The number of nitrogens with one attached hydrogen (secondary N) is 1. The standard InChI is InChI=1S/C27H25N3O4S/c1-17-8-13-22(18(2)14-17)28-24(31)15-29-23-7-5-4-6-21(23)27(26(29)33)30(25(32)16-35-27)19-9-11-20(34-3)12-10-19/h4-14H,15-16H2,1-3H3,(H,28,31)/t27-/m1/s1. The summed E-state index contributed by atoms with van der Waals surface area (Å²) in [7, 11) is 1.57. The molecule has 1 spiro atoms. The lowest BCUT2D eigenvalue weighted by Crippen LogP contribution is -2.50. The van der Waals surface area contributed by atoms with E-state index in [9.17, 15) is 14.4 Å². The van der Waals surface area contributed by atoms with Gasteiger partial charge in [-0.2, -0.15) is 0 Å². The Morgan fingerprint density at radius 2 is 1.80 bits per heavy atom. The van der Waals surface area contributed by atoms with Crippen molar-refractivity contribution in [2.24, 2.45) is 0 Å². The smallest absolute Gasteiger partial charge is 0.269 e. The van der Waals surface area contributed by atoms with Crippen molar-refractivity contribution in [1.29, 1.82) is 0 Å². The summed E-state index contributed by atoms with van der Waals surface area (Å²) in [6, 6.07) is 20.2. The van der Waals surface area contributed by atoms with Crippen molar-refractivity contribution in [3.8, 4) is 5.75 Å². The molecule has 8 heteroatoms. The van der Waals surface area contributed by atoms with Crippen LogP contribution in [0.4, 0.5) is 17.1 Å². The van der Waals surface area contributed by atoms with Crippen molar-refractivity contribution in [1.82, 2.24) is 0 Å². The average Bonchev–Trinajstić information content (AvgIpc) is 3.32. The lowest BCUT2D eigenvalue weighted by molar-refractivity contribution is -0.124. The van der Waals surface area contributed by atoms with Gasteiger partial charge >= 0.3 is 0 Å². The maximum absolute atomic E-state index is 14.0. The van der Waals surface area contributed by atoms with Crippen molar-refractivity contribution in [3.63, 3.8) is 0 Å². The molecular formula is C27H25N3O4S. The van der Waals surface area contributed by atoms with E-state index in [1.54, 1.807) is 36.3 Å². The van der Waals surface area contributed by atoms with Crippen LogP contribution in [0.5, 0.6) is 5.75 Å². The zero-order chi connectivity index (χ0) is 24.7. The molecule has 1 saturated heterocycles. The number of ether oxygens (including phenoxy) is 1.